The summed E-state index contributed by atoms with van der Waals surface area (Å²) in [4.78, 5) is 12.3. The zero-order valence-corrected chi connectivity index (χ0v) is 18.1. The van der Waals surface area contributed by atoms with Gasteiger partial charge in [-0.1, -0.05) is 73.7 Å². The second-order valence-electron chi connectivity index (χ2n) is 8.04. The minimum atomic E-state index is -3.17. The van der Waals surface area contributed by atoms with E-state index in [1.54, 1.807) is 0 Å². The van der Waals surface area contributed by atoms with Crippen LogP contribution >= 0.6 is 7.29 Å². The molecule has 0 saturated heterocycles. The summed E-state index contributed by atoms with van der Waals surface area (Å²) in [5, 5.41) is 5.03. The molecule has 0 aliphatic heterocycles. The summed E-state index contributed by atoms with van der Waals surface area (Å²) in [7, 11) is -1.75. The lowest BCUT2D eigenvalue weighted by atomic mass is 9.90. The van der Waals surface area contributed by atoms with E-state index in [-0.39, 0.29) is 23.3 Å². The van der Waals surface area contributed by atoms with Crippen LogP contribution in [0.1, 0.15) is 24.9 Å². The molecule has 2 unspecified atom stereocenters. The Labute approximate surface area is 177 Å². The summed E-state index contributed by atoms with van der Waals surface area (Å²) >= 11 is 0. The molecule has 3 atom stereocenters. The van der Waals surface area contributed by atoms with E-state index in [9.17, 15) is 9.36 Å². The average molecular weight is 419 g/mol. The molecule has 1 saturated carbocycles. The van der Waals surface area contributed by atoms with Crippen molar-refractivity contribution in [2.45, 2.75) is 19.4 Å². The van der Waals surface area contributed by atoms with Gasteiger partial charge in [0, 0.05) is 22.1 Å². The summed E-state index contributed by atoms with van der Waals surface area (Å²) in [6.45, 7) is 2.07. The summed E-state index contributed by atoms with van der Waals surface area (Å²) in [6, 6.07) is 28.7. The van der Waals surface area contributed by atoms with E-state index >= 15 is 0 Å². The highest BCUT2D eigenvalue weighted by Gasteiger charge is 2.61. The van der Waals surface area contributed by atoms with Gasteiger partial charge >= 0.3 is 5.97 Å². The Hall–Kier alpha value is -2.68. The maximum atomic E-state index is 14.6. The summed E-state index contributed by atoms with van der Waals surface area (Å²) in [5.74, 6) is -0.435. The second-order valence-corrected chi connectivity index (χ2v) is 10.5. The standard InChI is InChI=1S/C25H26NO3P/c1-25(18-22(25)24(27)29-2)23(19-12-6-3-7-13-19)26-30(28,20-14-8-4-9-15-20)21-16-10-5-11-17-21/h3-17,22-23H,18H2,1-2H3,(H,26,28)/t22?,23?,25-/m1/s1. The van der Waals surface area contributed by atoms with Crippen LogP contribution in [0.4, 0.5) is 0 Å². The molecule has 1 N–H and O–H groups in total. The number of carbonyl (C=O) groups is 1. The normalized spacial score (nSPS) is 21.6. The average Bonchev–Trinajstić information content (AvgIpc) is 3.51. The third kappa shape index (κ3) is 3.74. The molecule has 30 heavy (non-hydrogen) atoms. The van der Waals surface area contributed by atoms with Crippen molar-refractivity contribution in [3.63, 3.8) is 0 Å². The second kappa shape index (κ2) is 8.22. The summed E-state index contributed by atoms with van der Waals surface area (Å²) < 4.78 is 19.6. The molecule has 0 radical (unpaired) electrons. The number of methoxy groups -OCH3 is 1. The maximum Gasteiger partial charge on any atom is 0.309 e. The molecule has 5 heteroatoms. The number of rotatable bonds is 7. The first-order valence-electron chi connectivity index (χ1n) is 10.1. The van der Waals surface area contributed by atoms with Gasteiger partial charge in [-0.2, -0.15) is 0 Å². The van der Waals surface area contributed by atoms with Crippen molar-refractivity contribution in [2.24, 2.45) is 11.3 Å². The molecular formula is C25H26NO3P. The van der Waals surface area contributed by atoms with Crippen molar-refractivity contribution in [3.05, 3.63) is 96.6 Å². The highest BCUT2D eigenvalue weighted by atomic mass is 31.2. The number of benzene rings is 3. The van der Waals surface area contributed by atoms with E-state index in [2.05, 4.69) is 12.0 Å². The van der Waals surface area contributed by atoms with Gasteiger partial charge in [0.1, 0.15) is 0 Å². The van der Waals surface area contributed by atoms with Crippen LogP contribution in [0.3, 0.4) is 0 Å². The summed E-state index contributed by atoms with van der Waals surface area (Å²) in [5.41, 5.74) is 0.631. The molecular weight excluding hydrogens is 393 g/mol. The Morgan fingerprint density at radius 1 is 0.933 bits per heavy atom. The van der Waals surface area contributed by atoms with Gasteiger partial charge in [0.15, 0.2) is 0 Å². The Kier molecular flexibility index (Phi) is 5.64. The third-order valence-electron chi connectivity index (χ3n) is 6.11. The van der Waals surface area contributed by atoms with Gasteiger partial charge < -0.3 is 4.74 Å². The van der Waals surface area contributed by atoms with Crippen molar-refractivity contribution in [2.75, 3.05) is 7.11 Å². The minimum absolute atomic E-state index is 0.213. The highest BCUT2D eigenvalue weighted by molar-refractivity contribution is 7.76. The van der Waals surface area contributed by atoms with Crippen molar-refractivity contribution < 1.29 is 14.1 Å². The van der Waals surface area contributed by atoms with Gasteiger partial charge in [-0.15, -0.1) is 0 Å². The van der Waals surface area contributed by atoms with Gasteiger partial charge in [-0.25, -0.2) is 0 Å². The Balaban J connectivity index is 1.81. The van der Waals surface area contributed by atoms with E-state index in [0.717, 1.165) is 16.2 Å². The lowest BCUT2D eigenvalue weighted by Gasteiger charge is -2.32. The fourth-order valence-corrected chi connectivity index (χ4v) is 6.79. The predicted molar refractivity (Wildman–Crippen MR) is 120 cm³/mol. The quantitative estimate of drug-likeness (QED) is 0.454. The largest absolute Gasteiger partial charge is 0.469 e. The van der Waals surface area contributed by atoms with Crippen molar-refractivity contribution >= 4 is 23.9 Å². The smallest absolute Gasteiger partial charge is 0.309 e. The molecule has 3 aromatic rings. The van der Waals surface area contributed by atoms with E-state index in [1.165, 1.54) is 7.11 Å². The van der Waals surface area contributed by atoms with Crippen LogP contribution in [0.15, 0.2) is 91.0 Å². The molecule has 4 nitrogen and oxygen atoms in total. The van der Waals surface area contributed by atoms with Crippen LogP contribution < -0.4 is 15.7 Å². The number of ether oxygens (including phenoxy) is 1. The molecule has 1 aliphatic rings. The predicted octanol–water partition coefficient (Wildman–Crippen LogP) is 4.45. The molecule has 0 amide bonds. The number of esters is 1. The van der Waals surface area contributed by atoms with Crippen molar-refractivity contribution in [1.82, 2.24) is 5.09 Å². The zero-order valence-electron chi connectivity index (χ0n) is 17.2. The first-order valence-corrected chi connectivity index (χ1v) is 11.8. The zero-order chi connectivity index (χ0) is 21.2. The monoisotopic (exact) mass is 419 g/mol. The Bertz CT molecular complexity index is 1010. The Morgan fingerprint density at radius 3 is 1.87 bits per heavy atom. The van der Waals surface area contributed by atoms with Gasteiger partial charge in [-0.05, 0) is 36.2 Å². The number of nitrogens with one attached hydrogen (secondary N) is 1. The van der Waals surface area contributed by atoms with Crippen molar-refractivity contribution in [3.8, 4) is 0 Å². The summed E-state index contributed by atoms with van der Waals surface area (Å²) in [6.07, 6.45) is 0.690. The SMILES string of the molecule is COC(=O)C1C[C@@]1(C)C(NP(=O)(c1ccccc1)c1ccccc1)c1ccccc1. The molecule has 0 spiro atoms. The molecule has 3 aromatic carbocycles. The first-order chi connectivity index (χ1) is 14.5. The number of carbonyl (C=O) groups excluding carboxylic acids is 1. The molecule has 0 heterocycles. The van der Waals surface area contributed by atoms with Gasteiger partial charge in [-0.3, -0.25) is 14.4 Å². The fourth-order valence-electron chi connectivity index (χ4n) is 4.20. The van der Waals surface area contributed by atoms with Crippen LogP contribution in [0.2, 0.25) is 0 Å². The lowest BCUT2D eigenvalue weighted by Crippen LogP contribution is -2.35. The van der Waals surface area contributed by atoms with E-state index < -0.39 is 7.29 Å². The molecule has 1 fully saturated rings. The van der Waals surface area contributed by atoms with Crippen molar-refractivity contribution in [1.29, 1.82) is 0 Å². The minimum Gasteiger partial charge on any atom is -0.469 e. The van der Waals surface area contributed by atoms with E-state index in [1.807, 2.05) is 91.0 Å². The molecule has 0 bridgehead atoms. The third-order valence-corrected chi connectivity index (χ3v) is 8.78. The van der Waals surface area contributed by atoms with Crippen LogP contribution in [0, 0.1) is 11.3 Å². The van der Waals surface area contributed by atoms with Crippen LogP contribution in [0.5, 0.6) is 0 Å². The van der Waals surface area contributed by atoms with Crippen LogP contribution in [-0.2, 0) is 14.1 Å². The number of hydrogen-bond donors (Lipinski definition) is 1. The topological polar surface area (TPSA) is 55.4 Å². The molecule has 1 aliphatic carbocycles. The first kappa shape index (κ1) is 20.6. The highest BCUT2D eigenvalue weighted by Crippen LogP contribution is 2.62. The lowest BCUT2D eigenvalue weighted by molar-refractivity contribution is -0.143. The molecule has 0 aromatic heterocycles. The van der Waals surface area contributed by atoms with Gasteiger partial charge in [0.25, 0.3) is 0 Å². The van der Waals surface area contributed by atoms with Gasteiger partial charge in [0.05, 0.1) is 13.0 Å². The van der Waals surface area contributed by atoms with Gasteiger partial charge in [0.2, 0.25) is 7.29 Å². The maximum absolute atomic E-state index is 14.6. The van der Waals surface area contributed by atoms with E-state index in [0.29, 0.717) is 6.42 Å². The Morgan fingerprint density at radius 2 is 1.40 bits per heavy atom. The number of hydrogen-bond acceptors (Lipinski definition) is 3. The molecule has 154 valence electrons. The van der Waals surface area contributed by atoms with Crippen LogP contribution in [-0.4, -0.2) is 13.1 Å². The van der Waals surface area contributed by atoms with E-state index in [4.69, 9.17) is 4.74 Å². The molecule has 4 rings (SSSR count). The fraction of sp³-hybridized carbons (Fsp3) is 0.240. The van der Waals surface area contributed by atoms with Crippen LogP contribution in [0.25, 0.3) is 0 Å².